The van der Waals surface area contributed by atoms with Gasteiger partial charge in [0.1, 0.15) is 17.2 Å². The lowest BCUT2D eigenvalue weighted by molar-refractivity contribution is 0.101. The molecule has 0 fully saturated rings. The number of hydrogen-bond acceptors (Lipinski definition) is 3. The molecule has 0 saturated heterocycles. The minimum Gasteiger partial charge on any atom is -0.463 e. The molecule has 1 amide bonds. The fourth-order valence-electron chi connectivity index (χ4n) is 2.62. The van der Waals surface area contributed by atoms with Crippen LogP contribution in [-0.2, 0) is 0 Å². The van der Waals surface area contributed by atoms with Gasteiger partial charge in [0.25, 0.3) is 5.91 Å². The second-order valence-electron chi connectivity index (χ2n) is 5.72. The third-order valence-corrected chi connectivity index (χ3v) is 4.22. The lowest BCUT2D eigenvalue weighted by atomic mass is 10.2. The highest BCUT2D eigenvalue weighted by Gasteiger charge is 2.20. The second kappa shape index (κ2) is 7.09. The molecule has 2 aromatic heterocycles. The number of carbonyl (C=O) groups is 1. The van der Waals surface area contributed by atoms with E-state index in [0.29, 0.717) is 27.9 Å². The van der Waals surface area contributed by atoms with Gasteiger partial charge < -0.3 is 9.73 Å². The summed E-state index contributed by atoms with van der Waals surface area (Å²) in [5.41, 5.74) is 1.78. The summed E-state index contributed by atoms with van der Waals surface area (Å²) in [6, 6.07) is 17.7. The summed E-state index contributed by atoms with van der Waals surface area (Å²) in [6.45, 7) is 0. The van der Waals surface area contributed by atoms with Crippen LogP contribution in [0.15, 0.2) is 77.4 Å². The summed E-state index contributed by atoms with van der Waals surface area (Å²) in [5, 5.41) is 7.66. The molecule has 0 aliphatic carbocycles. The molecule has 27 heavy (non-hydrogen) atoms. The predicted octanol–water partition coefficient (Wildman–Crippen LogP) is 5.18. The minimum absolute atomic E-state index is 0.263. The molecule has 0 saturated carbocycles. The van der Waals surface area contributed by atoms with Crippen molar-refractivity contribution in [3.8, 4) is 17.1 Å². The zero-order valence-electron chi connectivity index (χ0n) is 13.9. The van der Waals surface area contributed by atoms with Crippen LogP contribution in [0.4, 0.5) is 10.1 Å². The molecule has 2 aromatic carbocycles. The molecule has 0 aliphatic heterocycles. The summed E-state index contributed by atoms with van der Waals surface area (Å²) in [4.78, 5) is 12.8. The molecule has 0 atom stereocenters. The quantitative estimate of drug-likeness (QED) is 0.530. The smallest absolute Gasteiger partial charge is 0.274 e. The zero-order valence-corrected chi connectivity index (χ0v) is 14.7. The van der Waals surface area contributed by atoms with Crippen molar-refractivity contribution in [3.05, 3.63) is 89.5 Å². The van der Waals surface area contributed by atoms with Crippen molar-refractivity contribution in [1.82, 2.24) is 9.78 Å². The highest BCUT2D eigenvalue weighted by molar-refractivity contribution is 6.32. The van der Waals surface area contributed by atoms with Crippen LogP contribution in [0.2, 0.25) is 5.02 Å². The van der Waals surface area contributed by atoms with E-state index in [1.807, 2.05) is 0 Å². The molecule has 4 rings (SSSR count). The van der Waals surface area contributed by atoms with Gasteiger partial charge in [0.2, 0.25) is 0 Å². The Labute approximate surface area is 159 Å². The van der Waals surface area contributed by atoms with E-state index in [1.165, 1.54) is 35.2 Å². The molecule has 2 heterocycles. The normalized spacial score (nSPS) is 10.7. The van der Waals surface area contributed by atoms with Crippen molar-refractivity contribution >= 4 is 23.2 Å². The van der Waals surface area contributed by atoms with Crippen molar-refractivity contribution in [2.45, 2.75) is 0 Å². The highest BCUT2D eigenvalue weighted by atomic mass is 35.5. The number of halogens is 2. The van der Waals surface area contributed by atoms with E-state index in [0.717, 1.165) is 0 Å². The van der Waals surface area contributed by atoms with Crippen molar-refractivity contribution in [2.75, 3.05) is 5.32 Å². The van der Waals surface area contributed by atoms with Crippen LogP contribution in [0.25, 0.3) is 17.1 Å². The number of anilines is 1. The number of para-hydroxylation sites is 1. The van der Waals surface area contributed by atoms with Gasteiger partial charge in [-0.15, -0.1) is 0 Å². The van der Waals surface area contributed by atoms with Crippen molar-refractivity contribution in [2.24, 2.45) is 0 Å². The number of aromatic nitrogens is 2. The fraction of sp³-hybridized carbons (Fsp3) is 0. The van der Waals surface area contributed by atoms with E-state index in [4.69, 9.17) is 16.0 Å². The van der Waals surface area contributed by atoms with Gasteiger partial charge in [0, 0.05) is 11.8 Å². The molecule has 4 aromatic rings. The highest BCUT2D eigenvalue weighted by Crippen LogP contribution is 2.26. The summed E-state index contributed by atoms with van der Waals surface area (Å²) in [6.07, 6.45) is 1.53. The van der Waals surface area contributed by atoms with Crippen molar-refractivity contribution in [1.29, 1.82) is 0 Å². The van der Waals surface area contributed by atoms with Gasteiger partial charge in [-0.1, -0.05) is 23.7 Å². The van der Waals surface area contributed by atoms with Crippen LogP contribution in [0.3, 0.4) is 0 Å². The number of furan rings is 1. The lowest BCUT2D eigenvalue weighted by Gasteiger charge is -2.09. The van der Waals surface area contributed by atoms with Gasteiger partial charge >= 0.3 is 0 Å². The van der Waals surface area contributed by atoms with Crippen LogP contribution >= 0.6 is 11.6 Å². The number of nitrogens with one attached hydrogen (secondary N) is 1. The minimum atomic E-state index is -0.410. The number of hydrogen-bond donors (Lipinski definition) is 1. The number of nitrogens with zero attached hydrogens (tertiary/aromatic N) is 2. The van der Waals surface area contributed by atoms with Gasteiger partial charge in [-0.05, 0) is 48.5 Å². The molecule has 0 aliphatic rings. The fourth-order valence-corrected chi connectivity index (χ4v) is 2.84. The molecule has 1 N–H and O–H groups in total. The van der Waals surface area contributed by atoms with E-state index in [2.05, 4.69) is 10.4 Å². The molecular formula is C20H13ClFN3O2. The van der Waals surface area contributed by atoms with E-state index >= 15 is 0 Å². The van der Waals surface area contributed by atoms with E-state index in [9.17, 15) is 9.18 Å². The van der Waals surface area contributed by atoms with E-state index in [1.54, 1.807) is 42.5 Å². The van der Waals surface area contributed by atoms with Crippen LogP contribution in [0, 0.1) is 5.82 Å². The Morgan fingerprint density at radius 3 is 2.56 bits per heavy atom. The average Bonchev–Trinajstić information content (AvgIpc) is 3.33. The first-order chi connectivity index (χ1) is 13.1. The topological polar surface area (TPSA) is 60.1 Å². The van der Waals surface area contributed by atoms with Crippen molar-refractivity contribution in [3.63, 3.8) is 0 Å². The Morgan fingerprint density at radius 2 is 1.85 bits per heavy atom. The van der Waals surface area contributed by atoms with Crippen LogP contribution in [0.5, 0.6) is 0 Å². The third kappa shape index (κ3) is 3.47. The number of amides is 1. The maximum atomic E-state index is 13.1. The first-order valence-electron chi connectivity index (χ1n) is 8.07. The maximum absolute atomic E-state index is 13.1. The van der Waals surface area contributed by atoms with E-state index < -0.39 is 5.91 Å². The Morgan fingerprint density at radius 1 is 1.07 bits per heavy atom. The molecular weight excluding hydrogens is 369 g/mol. The zero-order chi connectivity index (χ0) is 18.8. The molecule has 7 heteroatoms. The first kappa shape index (κ1) is 17.1. The molecule has 0 radical (unpaired) electrons. The SMILES string of the molecule is O=C(Nc1ccc(F)cc1)c1cc(-c2ccco2)nn1-c1ccccc1Cl. The van der Waals surface area contributed by atoms with Crippen molar-refractivity contribution < 1.29 is 13.6 Å². The van der Waals surface area contributed by atoms with Crippen LogP contribution < -0.4 is 5.32 Å². The third-order valence-electron chi connectivity index (χ3n) is 3.90. The first-order valence-corrected chi connectivity index (χ1v) is 8.45. The molecule has 0 unspecified atom stereocenters. The monoisotopic (exact) mass is 381 g/mol. The molecule has 0 bridgehead atoms. The summed E-state index contributed by atoms with van der Waals surface area (Å²) in [5.74, 6) is -0.266. The van der Waals surface area contributed by atoms with Gasteiger partial charge in [-0.2, -0.15) is 5.10 Å². The maximum Gasteiger partial charge on any atom is 0.274 e. The van der Waals surface area contributed by atoms with Crippen LogP contribution in [0.1, 0.15) is 10.5 Å². The lowest BCUT2D eigenvalue weighted by Crippen LogP contribution is -2.17. The Hall–Kier alpha value is -3.38. The largest absolute Gasteiger partial charge is 0.463 e. The molecule has 0 spiro atoms. The second-order valence-corrected chi connectivity index (χ2v) is 6.12. The van der Waals surface area contributed by atoms with Crippen LogP contribution in [-0.4, -0.2) is 15.7 Å². The summed E-state index contributed by atoms with van der Waals surface area (Å²) in [7, 11) is 0. The molecule has 5 nitrogen and oxygen atoms in total. The van der Waals surface area contributed by atoms with E-state index in [-0.39, 0.29) is 11.5 Å². The Bertz CT molecular complexity index is 1090. The van der Waals surface area contributed by atoms with Gasteiger partial charge in [0.15, 0.2) is 5.76 Å². The number of benzene rings is 2. The summed E-state index contributed by atoms with van der Waals surface area (Å²) >= 11 is 6.29. The standard InChI is InChI=1S/C20H13ClFN3O2/c21-15-4-1-2-5-17(15)25-18(12-16(24-25)19-6-3-11-27-19)20(26)23-14-9-7-13(22)8-10-14/h1-12H,(H,23,26). The summed E-state index contributed by atoms with van der Waals surface area (Å²) < 4.78 is 19.9. The number of carbonyl (C=O) groups excluding carboxylic acids is 1. The van der Waals surface area contributed by atoms with Gasteiger partial charge in [-0.25, -0.2) is 9.07 Å². The Kier molecular flexibility index (Phi) is 4.48. The Balaban J connectivity index is 1.77. The van der Waals surface area contributed by atoms with Gasteiger partial charge in [-0.3, -0.25) is 4.79 Å². The predicted molar refractivity (Wildman–Crippen MR) is 101 cm³/mol. The average molecular weight is 382 g/mol. The van der Waals surface area contributed by atoms with Gasteiger partial charge in [0.05, 0.1) is 17.0 Å². The molecule has 134 valence electrons. The number of rotatable bonds is 4.